The van der Waals surface area contributed by atoms with Gasteiger partial charge in [-0.05, 0) is 46.9 Å². The zero-order valence-electron chi connectivity index (χ0n) is 13.0. The standard InChI is InChI=1S/C20H25N/c1-14(2)15-9-11-17(12-10-15)20(21)19-8-4-7-18(13-19)16-5-3-6-16/h4,7-14,16,20H,3,5-6,21H2,1-2H3. The van der Waals surface area contributed by atoms with Crippen molar-refractivity contribution < 1.29 is 0 Å². The van der Waals surface area contributed by atoms with Crippen LogP contribution in [-0.2, 0) is 0 Å². The molecule has 2 aromatic rings. The van der Waals surface area contributed by atoms with Gasteiger partial charge in [0.05, 0.1) is 6.04 Å². The van der Waals surface area contributed by atoms with Crippen molar-refractivity contribution in [3.05, 3.63) is 70.8 Å². The zero-order valence-corrected chi connectivity index (χ0v) is 13.0. The van der Waals surface area contributed by atoms with Crippen LogP contribution in [0.4, 0.5) is 0 Å². The van der Waals surface area contributed by atoms with E-state index < -0.39 is 0 Å². The maximum Gasteiger partial charge on any atom is 0.0551 e. The summed E-state index contributed by atoms with van der Waals surface area (Å²) in [5.74, 6) is 1.33. The first-order valence-electron chi connectivity index (χ1n) is 8.10. The molecule has 1 aliphatic carbocycles. The fraction of sp³-hybridized carbons (Fsp3) is 0.400. The maximum atomic E-state index is 6.47. The first kappa shape index (κ1) is 14.3. The molecule has 1 heteroatoms. The molecule has 0 amide bonds. The normalized spacial score (nSPS) is 16.8. The molecule has 2 N–H and O–H groups in total. The van der Waals surface area contributed by atoms with E-state index in [4.69, 9.17) is 5.73 Å². The number of rotatable bonds is 4. The average molecular weight is 279 g/mol. The van der Waals surface area contributed by atoms with Crippen LogP contribution in [-0.4, -0.2) is 0 Å². The second kappa shape index (κ2) is 6.03. The van der Waals surface area contributed by atoms with E-state index in [0.29, 0.717) is 5.92 Å². The summed E-state index contributed by atoms with van der Waals surface area (Å²) in [7, 11) is 0. The monoisotopic (exact) mass is 279 g/mol. The highest BCUT2D eigenvalue weighted by molar-refractivity contribution is 5.37. The van der Waals surface area contributed by atoms with E-state index in [1.165, 1.54) is 41.5 Å². The highest BCUT2D eigenvalue weighted by Crippen LogP contribution is 2.37. The fourth-order valence-electron chi connectivity index (χ4n) is 3.03. The lowest BCUT2D eigenvalue weighted by Gasteiger charge is -2.26. The molecule has 1 unspecified atom stereocenters. The predicted octanol–water partition coefficient (Wildman–Crippen LogP) is 5.13. The summed E-state index contributed by atoms with van der Waals surface area (Å²) in [5.41, 5.74) is 11.7. The van der Waals surface area contributed by atoms with Crippen molar-refractivity contribution in [1.29, 1.82) is 0 Å². The van der Waals surface area contributed by atoms with E-state index in [1.54, 1.807) is 0 Å². The van der Waals surface area contributed by atoms with E-state index in [2.05, 4.69) is 62.4 Å². The Morgan fingerprint density at radius 3 is 2.14 bits per heavy atom. The Morgan fingerprint density at radius 1 is 0.905 bits per heavy atom. The van der Waals surface area contributed by atoms with Gasteiger partial charge >= 0.3 is 0 Å². The molecule has 2 aromatic carbocycles. The van der Waals surface area contributed by atoms with E-state index in [0.717, 1.165) is 5.92 Å². The van der Waals surface area contributed by atoms with Gasteiger partial charge in [-0.15, -0.1) is 0 Å². The highest BCUT2D eigenvalue weighted by Gasteiger charge is 2.20. The van der Waals surface area contributed by atoms with Gasteiger partial charge in [0.15, 0.2) is 0 Å². The number of benzene rings is 2. The summed E-state index contributed by atoms with van der Waals surface area (Å²) >= 11 is 0. The Labute approximate surface area is 128 Å². The summed E-state index contributed by atoms with van der Waals surface area (Å²) < 4.78 is 0. The lowest BCUT2D eigenvalue weighted by molar-refractivity contribution is 0.419. The van der Waals surface area contributed by atoms with Gasteiger partial charge in [0.25, 0.3) is 0 Å². The summed E-state index contributed by atoms with van der Waals surface area (Å²) in [4.78, 5) is 0. The summed E-state index contributed by atoms with van der Waals surface area (Å²) in [5, 5.41) is 0. The van der Waals surface area contributed by atoms with Crippen LogP contribution in [0.25, 0.3) is 0 Å². The molecule has 0 saturated heterocycles. The quantitative estimate of drug-likeness (QED) is 0.825. The highest BCUT2D eigenvalue weighted by atomic mass is 14.6. The summed E-state index contributed by atoms with van der Waals surface area (Å²) in [6.45, 7) is 4.44. The molecular weight excluding hydrogens is 254 g/mol. The minimum absolute atomic E-state index is 0.0220. The number of hydrogen-bond donors (Lipinski definition) is 1. The smallest absolute Gasteiger partial charge is 0.0551 e. The van der Waals surface area contributed by atoms with Gasteiger partial charge in [-0.25, -0.2) is 0 Å². The Hall–Kier alpha value is -1.60. The van der Waals surface area contributed by atoms with Gasteiger partial charge in [0, 0.05) is 0 Å². The molecule has 0 bridgehead atoms. The lowest BCUT2D eigenvalue weighted by Crippen LogP contribution is -2.14. The molecule has 0 heterocycles. The first-order valence-corrected chi connectivity index (χ1v) is 8.10. The lowest BCUT2D eigenvalue weighted by atomic mass is 9.79. The largest absolute Gasteiger partial charge is 0.320 e. The molecule has 0 aliphatic heterocycles. The van der Waals surface area contributed by atoms with E-state index in [9.17, 15) is 0 Å². The van der Waals surface area contributed by atoms with Crippen LogP contribution in [0.2, 0.25) is 0 Å². The van der Waals surface area contributed by atoms with Crippen LogP contribution in [0.3, 0.4) is 0 Å². The SMILES string of the molecule is CC(C)c1ccc(C(N)c2cccc(C3CCC3)c2)cc1. The molecule has 0 aromatic heterocycles. The Bertz CT molecular complexity index is 593. The second-order valence-corrected chi connectivity index (χ2v) is 6.60. The predicted molar refractivity (Wildman–Crippen MR) is 89.6 cm³/mol. The molecule has 1 nitrogen and oxygen atoms in total. The molecule has 1 saturated carbocycles. The summed E-state index contributed by atoms with van der Waals surface area (Å²) in [6, 6.07) is 17.6. The molecule has 1 aliphatic rings. The van der Waals surface area contributed by atoms with E-state index >= 15 is 0 Å². The molecule has 3 rings (SSSR count). The zero-order chi connectivity index (χ0) is 14.8. The second-order valence-electron chi connectivity index (χ2n) is 6.60. The minimum Gasteiger partial charge on any atom is -0.320 e. The van der Waals surface area contributed by atoms with Crippen molar-refractivity contribution in [2.45, 2.75) is 51.0 Å². The van der Waals surface area contributed by atoms with E-state index in [-0.39, 0.29) is 6.04 Å². The number of nitrogens with two attached hydrogens (primary N) is 1. The van der Waals surface area contributed by atoms with Crippen LogP contribution in [0, 0.1) is 0 Å². The topological polar surface area (TPSA) is 26.0 Å². The molecule has 110 valence electrons. The molecule has 21 heavy (non-hydrogen) atoms. The maximum absolute atomic E-state index is 6.47. The fourth-order valence-corrected chi connectivity index (χ4v) is 3.03. The van der Waals surface area contributed by atoms with Gasteiger partial charge in [-0.3, -0.25) is 0 Å². The van der Waals surface area contributed by atoms with Crippen LogP contribution < -0.4 is 5.73 Å². The van der Waals surface area contributed by atoms with Crippen molar-refractivity contribution in [2.75, 3.05) is 0 Å². The van der Waals surface area contributed by atoms with Crippen molar-refractivity contribution in [2.24, 2.45) is 5.73 Å². The number of hydrogen-bond acceptors (Lipinski definition) is 1. The minimum atomic E-state index is -0.0220. The van der Waals surface area contributed by atoms with E-state index in [1.807, 2.05) is 0 Å². The Kier molecular flexibility index (Phi) is 4.12. The van der Waals surface area contributed by atoms with Gasteiger partial charge in [0.2, 0.25) is 0 Å². The molecule has 0 spiro atoms. The molecular formula is C20H25N. The van der Waals surface area contributed by atoms with Gasteiger partial charge in [-0.2, -0.15) is 0 Å². The van der Waals surface area contributed by atoms with Crippen LogP contribution >= 0.6 is 0 Å². The molecule has 1 fully saturated rings. The average Bonchev–Trinajstić information content (AvgIpc) is 2.45. The molecule has 1 atom stereocenters. The van der Waals surface area contributed by atoms with Crippen molar-refractivity contribution in [1.82, 2.24) is 0 Å². The molecule has 0 radical (unpaired) electrons. The van der Waals surface area contributed by atoms with Crippen molar-refractivity contribution in [3.8, 4) is 0 Å². The van der Waals surface area contributed by atoms with Crippen molar-refractivity contribution >= 4 is 0 Å². The van der Waals surface area contributed by atoms with Crippen LogP contribution in [0.15, 0.2) is 48.5 Å². The van der Waals surface area contributed by atoms with Gasteiger partial charge in [-0.1, -0.05) is 68.8 Å². The van der Waals surface area contributed by atoms with Crippen LogP contribution in [0.1, 0.15) is 73.2 Å². The summed E-state index contributed by atoms with van der Waals surface area (Å²) in [6.07, 6.45) is 4.04. The third-order valence-corrected chi connectivity index (χ3v) is 4.81. The van der Waals surface area contributed by atoms with Crippen LogP contribution in [0.5, 0.6) is 0 Å². The van der Waals surface area contributed by atoms with Gasteiger partial charge in [0.1, 0.15) is 0 Å². The third kappa shape index (κ3) is 3.03. The third-order valence-electron chi connectivity index (χ3n) is 4.81. The van der Waals surface area contributed by atoms with Gasteiger partial charge < -0.3 is 5.73 Å². The Morgan fingerprint density at radius 2 is 1.57 bits per heavy atom. The first-order chi connectivity index (χ1) is 10.1. The van der Waals surface area contributed by atoms with Crippen molar-refractivity contribution in [3.63, 3.8) is 0 Å². The Balaban J connectivity index is 1.82.